The summed E-state index contributed by atoms with van der Waals surface area (Å²) in [6.45, 7) is 2.37. The van der Waals surface area contributed by atoms with Crippen molar-refractivity contribution in [3.05, 3.63) is 34.9 Å². The van der Waals surface area contributed by atoms with Crippen LogP contribution in [0.15, 0.2) is 23.4 Å². The average Bonchev–Trinajstić information content (AvgIpc) is 2.72. The number of rotatable bonds is 4. The van der Waals surface area contributed by atoms with E-state index < -0.39 is 6.04 Å². The molecule has 112 valence electrons. The molecule has 0 bridgehead atoms. The first-order valence-electron chi connectivity index (χ1n) is 6.55. The van der Waals surface area contributed by atoms with Gasteiger partial charge in [0.05, 0.1) is 12.5 Å². The first-order valence-corrected chi connectivity index (χ1v) is 6.55. The summed E-state index contributed by atoms with van der Waals surface area (Å²) in [4.78, 5) is 24.4. The number of likely N-dealkylation sites (tertiary alicyclic amines) is 1. The van der Waals surface area contributed by atoms with E-state index in [1.807, 2.05) is 13.0 Å². The molecule has 7 heteroatoms. The molecular weight excluding hydrogens is 272 g/mol. The fourth-order valence-corrected chi connectivity index (χ4v) is 2.26. The third-order valence-corrected chi connectivity index (χ3v) is 3.67. The number of hydrogen-bond donors (Lipinski definition) is 3. The smallest absolute Gasteiger partial charge is 0.246 e. The van der Waals surface area contributed by atoms with Crippen LogP contribution in [0.5, 0.6) is 0 Å². The van der Waals surface area contributed by atoms with Gasteiger partial charge in [0.1, 0.15) is 0 Å². The van der Waals surface area contributed by atoms with E-state index in [-0.39, 0.29) is 24.1 Å². The van der Waals surface area contributed by atoms with Crippen LogP contribution in [0.1, 0.15) is 23.1 Å². The Morgan fingerprint density at radius 1 is 1.52 bits per heavy atom. The molecule has 0 saturated carbocycles. The van der Waals surface area contributed by atoms with Gasteiger partial charge >= 0.3 is 0 Å². The zero-order chi connectivity index (χ0) is 15.6. The van der Waals surface area contributed by atoms with E-state index in [1.165, 1.54) is 7.05 Å². The molecule has 0 spiro atoms. The number of imide groups is 1. The Bertz CT molecular complexity index is 612. The van der Waals surface area contributed by atoms with Crippen LogP contribution in [0.2, 0.25) is 0 Å². The monoisotopic (exact) mass is 290 g/mol. The van der Waals surface area contributed by atoms with Gasteiger partial charge in [-0.1, -0.05) is 17.3 Å². The number of amides is 2. The van der Waals surface area contributed by atoms with Crippen molar-refractivity contribution < 1.29 is 14.8 Å². The molecule has 7 nitrogen and oxygen atoms in total. The molecule has 1 aromatic carbocycles. The Hall–Kier alpha value is -2.41. The van der Waals surface area contributed by atoms with Crippen LogP contribution in [0.3, 0.4) is 0 Å². The van der Waals surface area contributed by atoms with Crippen molar-refractivity contribution in [3.63, 3.8) is 0 Å². The molecule has 21 heavy (non-hydrogen) atoms. The van der Waals surface area contributed by atoms with Gasteiger partial charge in [-0.3, -0.25) is 14.5 Å². The molecule has 0 radical (unpaired) electrons. The maximum atomic E-state index is 11.8. The molecule has 0 aliphatic carbocycles. The highest BCUT2D eigenvalue weighted by atomic mass is 16.4. The molecule has 2 amide bonds. The van der Waals surface area contributed by atoms with Crippen molar-refractivity contribution >= 4 is 17.6 Å². The Balaban J connectivity index is 2.04. The van der Waals surface area contributed by atoms with Gasteiger partial charge in [0.15, 0.2) is 5.84 Å². The molecule has 1 aliphatic rings. The Morgan fingerprint density at radius 2 is 2.24 bits per heavy atom. The second kappa shape index (κ2) is 5.92. The molecule has 1 heterocycles. The largest absolute Gasteiger partial charge is 0.409 e. The second-order valence-corrected chi connectivity index (χ2v) is 5.06. The maximum Gasteiger partial charge on any atom is 0.246 e. The highest BCUT2D eigenvalue weighted by Crippen LogP contribution is 2.14. The standard InChI is InChI=1S/C14H18N4O3/c1-8-5-9(13(15)17-21)3-4-10(8)7-16-11-6-12(19)18(2)14(11)20/h3-5,11,16,21H,6-7H2,1-2H3,(H2,15,17). The van der Waals surface area contributed by atoms with Crippen LogP contribution in [0.4, 0.5) is 0 Å². The van der Waals surface area contributed by atoms with Crippen LogP contribution in [-0.4, -0.2) is 40.8 Å². The number of nitrogens with zero attached hydrogens (tertiary/aromatic N) is 2. The molecule has 1 atom stereocenters. The van der Waals surface area contributed by atoms with Crippen molar-refractivity contribution in [2.24, 2.45) is 10.9 Å². The molecule has 1 aromatic rings. The van der Waals surface area contributed by atoms with Gasteiger partial charge in [0, 0.05) is 19.2 Å². The van der Waals surface area contributed by atoms with E-state index in [4.69, 9.17) is 10.9 Å². The molecule has 0 aromatic heterocycles. The maximum absolute atomic E-state index is 11.8. The van der Waals surface area contributed by atoms with Crippen LogP contribution in [0.25, 0.3) is 0 Å². The molecule has 1 saturated heterocycles. The Morgan fingerprint density at radius 3 is 2.76 bits per heavy atom. The van der Waals surface area contributed by atoms with E-state index in [0.29, 0.717) is 12.1 Å². The number of nitrogens with two attached hydrogens (primary N) is 1. The lowest BCUT2D eigenvalue weighted by molar-refractivity contribution is -0.137. The first-order chi connectivity index (χ1) is 9.93. The highest BCUT2D eigenvalue weighted by Gasteiger charge is 2.35. The summed E-state index contributed by atoms with van der Waals surface area (Å²) in [6.07, 6.45) is 0.191. The van der Waals surface area contributed by atoms with Crippen molar-refractivity contribution in [2.45, 2.75) is 25.9 Å². The van der Waals surface area contributed by atoms with Crippen LogP contribution < -0.4 is 11.1 Å². The van der Waals surface area contributed by atoms with E-state index in [1.54, 1.807) is 12.1 Å². The molecule has 1 unspecified atom stereocenters. The minimum atomic E-state index is -0.467. The van der Waals surface area contributed by atoms with Gasteiger partial charge < -0.3 is 16.3 Å². The molecule has 2 rings (SSSR count). The zero-order valence-corrected chi connectivity index (χ0v) is 12.0. The Kier molecular flexibility index (Phi) is 4.23. The summed E-state index contributed by atoms with van der Waals surface area (Å²) in [5.41, 5.74) is 8.10. The number of hydrogen-bond acceptors (Lipinski definition) is 5. The van der Waals surface area contributed by atoms with Gasteiger partial charge in [-0.25, -0.2) is 0 Å². The number of nitrogens with one attached hydrogen (secondary N) is 1. The summed E-state index contributed by atoms with van der Waals surface area (Å²) in [6, 6.07) is 4.93. The summed E-state index contributed by atoms with van der Waals surface area (Å²) in [5, 5.41) is 14.7. The molecule has 4 N–H and O–H groups in total. The molecule has 1 aliphatic heterocycles. The third kappa shape index (κ3) is 3.03. The molecular formula is C14H18N4O3. The first kappa shape index (κ1) is 15.0. The molecule has 1 fully saturated rings. The predicted molar refractivity (Wildman–Crippen MR) is 76.7 cm³/mol. The second-order valence-electron chi connectivity index (χ2n) is 5.06. The van der Waals surface area contributed by atoms with Gasteiger partial charge in [-0.05, 0) is 24.1 Å². The Labute approximate surface area is 122 Å². The minimum Gasteiger partial charge on any atom is -0.409 e. The lowest BCUT2D eigenvalue weighted by Gasteiger charge is -2.13. The predicted octanol–water partition coefficient (Wildman–Crippen LogP) is -0.0636. The van der Waals surface area contributed by atoms with Crippen molar-refractivity contribution in [3.8, 4) is 0 Å². The van der Waals surface area contributed by atoms with Crippen molar-refractivity contribution in [2.75, 3.05) is 7.05 Å². The number of likely N-dealkylation sites (N-methyl/N-ethyl adjacent to an activating group) is 1. The van der Waals surface area contributed by atoms with Gasteiger partial charge in [-0.2, -0.15) is 0 Å². The topological polar surface area (TPSA) is 108 Å². The summed E-state index contributed by atoms with van der Waals surface area (Å²) in [7, 11) is 1.49. The van der Waals surface area contributed by atoms with E-state index >= 15 is 0 Å². The zero-order valence-electron chi connectivity index (χ0n) is 12.0. The summed E-state index contributed by atoms with van der Waals surface area (Å²) < 4.78 is 0. The van der Waals surface area contributed by atoms with Gasteiger partial charge in [0.2, 0.25) is 11.8 Å². The number of oxime groups is 1. The number of amidine groups is 1. The fraction of sp³-hybridized carbons (Fsp3) is 0.357. The van der Waals surface area contributed by atoms with Gasteiger partial charge in [-0.15, -0.1) is 0 Å². The third-order valence-electron chi connectivity index (χ3n) is 3.67. The van der Waals surface area contributed by atoms with Crippen LogP contribution >= 0.6 is 0 Å². The summed E-state index contributed by atoms with van der Waals surface area (Å²) >= 11 is 0. The van der Waals surface area contributed by atoms with Crippen LogP contribution in [-0.2, 0) is 16.1 Å². The van der Waals surface area contributed by atoms with E-state index in [0.717, 1.165) is 16.0 Å². The minimum absolute atomic E-state index is 0.0517. The van der Waals surface area contributed by atoms with Crippen LogP contribution in [0, 0.1) is 6.92 Å². The van der Waals surface area contributed by atoms with Gasteiger partial charge in [0.25, 0.3) is 0 Å². The number of benzene rings is 1. The van der Waals surface area contributed by atoms with Crippen molar-refractivity contribution in [1.29, 1.82) is 0 Å². The van der Waals surface area contributed by atoms with Crippen molar-refractivity contribution in [1.82, 2.24) is 10.2 Å². The SMILES string of the molecule is Cc1cc(/C(N)=N/O)ccc1CNC1CC(=O)N(C)C1=O. The quantitative estimate of drug-likeness (QED) is 0.237. The highest BCUT2D eigenvalue weighted by molar-refractivity contribution is 6.05. The summed E-state index contributed by atoms with van der Waals surface area (Å²) in [5.74, 6) is -0.321. The van der Waals surface area contributed by atoms with E-state index in [2.05, 4.69) is 10.5 Å². The number of carbonyl (C=O) groups excluding carboxylic acids is 2. The normalized spacial score (nSPS) is 19.4. The number of aryl methyl sites for hydroxylation is 1. The number of carbonyl (C=O) groups is 2. The fourth-order valence-electron chi connectivity index (χ4n) is 2.26. The average molecular weight is 290 g/mol. The lowest BCUT2D eigenvalue weighted by atomic mass is 10.0. The van der Waals surface area contributed by atoms with E-state index in [9.17, 15) is 9.59 Å². The lowest BCUT2D eigenvalue weighted by Crippen LogP contribution is -2.36.